The van der Waals surface area contributed by atoms with Crippen LogP contribution in [0, 0.1) is 0 Å². The summed E-state index contributed by atoms with van der Waals surface area (Å²) in [5.41, 5.74) is 1.81. The first-order valence-corrected chi connectivity index (χ1v) is 8.67. The topological polar surface area (TPSA) is 88.1 Å². The molecular weight excluding hydrogens is 345 g/mol. The zero-order valence-electron chi connectivity index (χ0n) is 13.1. The quantitative estimate of drug-likeness (QED) is 0.823. The maximum absolute atomic E-state index is 13.4. The van der Waals surface area contributed by atoms with E-state index < -0.39 is 17.3 Å². The lowest BCUT2D eigenvalue weighted by molar-refractivity contribution is -0.115. The molecule has 4 rings (SSSR count). The van der Waals surface area contributed by atoms with E-state index >= 15 is 0 Å². The number of aromatic nitrogens is 3. The molecule has 2 aromatic rings. The molecule has 2 aliphatic heterocycles. The van der Waals surface area contributed by atoms with Gasteiger partial charge in [0.25, 0.3) is 11.1 Å². The van der Waals surface area contributed by atoms with Crippen molar-refractivity contribution in [2.75, 3.05) is 18.0 Å². The van der Waals surface area contributed by atoms with Gasteiger partial charge in [0.1, 0.15) is 18.0 Å². The van der Waals surface area contributed by atoms with E-state index in [0.717, 1.165) is 11.8 Å². The number of thioether (sulfide) groups is 1. The molecule has 128 valence electrons. The molecule has 25 heavy (non-hydrogen) atoms. The van der Waals surface area contributed by atoms with Gasteiger partial charge in [-0.25, -0.2) is 19.3 Å². The van der Waals surface area contributed by atoms with Gasteiger partial charge in [0, 0.05) is 13.1 Å². The highest BCUT2D eigenvalue weighted by Crippen LogP contribution is 2.28. The number of amides is 2. The number of pyridine rings is 1. The molecule has 0 aliphatic carbocycles. The van der Waals surface area contributed by atoms with Crippen LogP contribution in [0.25, 0.3) is 17.1 Å². The SMILES string of the molecule is O=C1NC(=O)C(=Cc2ccc3ncnc(N4CCC(F)CC4)c3n2)S1. The maximum atomic E-state index is 13.4. The van der Waals surface area contributed by atoms with Crippen LogP contribution in [0.15, 0.2) is 23.4 Å². The Morgan fingerprint density at radius 1 is 1.24 bits per heavy atom. The van der Waals surface area contributed by atoms with Crippen LogP contribution in [0.4, 0.5) is 15.0 Å². The van der Waals surface area contributed by atoms with Crippen LogP contribution >= 0.6 is 11.8 Å². The van der Waals surface area contributed by atoms with Crippen molar-refractivity contribution in [3.63, 3.8) is 0 Å². The summed E-state index contributed by atoms with van der Waals surface area (Å²) >= 11 is 0.845. The van der Waals surface area contributed by atoms with Crippen LogP contribution in [0.1, 0.15) is 18.5 Å². The van der Waals surface area contributed by atoms with Crippen LogP contribution in [0.3, 0.4) is 0 Å². The Balaban J connectivity index is 1.72. The number of anilines is 1. The van der Waals surface area contributed by atoms with Crippen molar-refractivity contribution in [2.24, 2.45) is 0 Å². The van der Waals surface area contributed by atoms with Crippen LogP contribution in [-0.2, 0) is 4.79 Å². The van der Waals surface area contributed by atoms with Gasteiger partial charge in [0.15, 0.2) is 5.82 Å². The second-order valence-corrected chi connectivity index (χ2v) is 6.83. The molecular formula is C16H14FN5O2S. The molecule has 2 aromatic heterocycles. The molecule has 7 nitrogen and oxygen atoms in total. The predicted octanol–water partition coefficient (Wildman–Crippen LogP) is 2.29. The third kappa shape index (κ3) is 3.19. The summed E-state index contributed by atoms with van der Waals surface area (Å²) in [4.78, 5) is 38.3. The molecule has 1 N–H and O–H groups in total. The fraction of sp³-hybridized carbons (Fsp3) is 0.312. The Kier molecular flexibility index (Phi) is 4.08. The minimum absolute atomic E-state index is 0.300. The van der Waals surface area contributed by atoms with Gasteiger partial charge in [-0.1, -0.05) is 0 Å². The van der Waals surface area contributed by atoms with Crippen LogP contribution in [0.5, 0.6) is 0 Å². The predicted molar refractivity (Wildman–Crippen MR) is 92.8 cm³/mol. The number of carbonyl (C=O) groups excluding carboxylic acids is 2. The molecule has 2 saturated heterocycles. The van der Waals surface area contributed by atoms with Crippen molar-refractivity contribution in [3.05, 3.63) is 29.1 Å². The summed E-state index contributed by atoms with van der Waals surface area (Å²) < 4.78 is 13.4. The van der Waals surface area contributed by atoms with Crippen molar-refractivity contribution in [1.29, 1.82) is 0 Å². The van der Waals surface area contributed by atoms with Crippen LogP contribution in [0.2, 0.25) is 0 Å². The van der Waals surface area contributed by atoms with E-state index in [2.05, 4.69) is 20.3 Å². The number of fused-ring (bicyclic) bond motifs is 1. The Hall–Kier alpha value is -2.55. The first kappa shape index (κ1) is 15.9. The van der Waals surface area contributed by atoms with E-state index in [0.29, 0.717) is 53.4 Å². The summed E-state index contributed by atoms with van der Waals surface area (Å²) in [7, 11) is 0. The first-order chi connectivity index (χ1) is 12.1. The number of piperidine rings is 1. The summed E-state index contributed by atoms with van der Waals surface area (Å²) in [5.74, 6) is 0.239. The molecule has 0 unspecified atom stereocenters. The van der Waals surface area contributed by atoms with Gasteiger partial charge in [-0.15, -0.1) is 0 Å². The summed E-state index contributed by atoms with van der Waals surface area (Å²) in [5, 5.41) is 1.82. The molecule has 0 aromatic carbocycles. The van der Waals surface area contributed by atoms with E-state index in [4.69, 9.17) is 0 Å². The number of nitrogens with one attached hydrogen (secondary N) is 1. The van der Waals surface area contributed by atoms with Crippen molar-refractivity contribution in [2.45, 2.75) is 19.0 Å². The minimum atomic E-state index is -0.770. The third-order valence-electron chi connectivity index (χ3n) is 4.13. The largest absolute Gasteiger partial charge is 0.354 e. The molecule has 2 aliphatic rings. The monoisotopic (exact) mass is 359 g/mol. The number of alkyl halides is 1. The lowest BCUT2D eigenvalue weighted by atomic mass is 10.1. The zero-order valence-corrected chi connectivity index (χ0v) is 13.9. The number of nitrogens with zero attached hydrogens (tertiary/aromatic N) is 4. The fourth-order valence-electron chi connectivity index (χ4n) is 2.87. The molecule has 2 amide bonds. The van der Waals surface area contributed by atoms with Crippen LogP contribution < -0.4 is 10.2 Å². The Morgan fingerprint density at radius 3 is 2.76 bits per heavy atom. The van der Waals surface area contributed by atoms with E-state index in [1.54, 1.807) is 18.2 Å². The average molecular weight is 359 g/mol. The van der Waals surface area contributed by atoms with Gasteiger partial charge in [-0.05, 0) is 42.8 Å². The molecule has 0 atom stereocenters. The standard InChI is InChI=1S/C16H14FN5O2S/c17-9-3-5-22(6-4-9)14-13-11(18-8-19-14)2-1-10(20-13)7-12-15(23)21-16(24)25-12/h1-2,7-9H,3-6H2,(H,21,23,24). The summed E-state index contributed by atoms with van der Waals surface area (Å²) in [6.45, 7) is 1.15. The van der Waals surface area contributed by atoms with E-state index in [1.807, 2.05) is 4.90 Å². The summed E-state index contributed by atoms with van der Waals surface area (Å²) in [6, 6.07) is 3.53. The van der Waals surface area contributed by atoms with Crippen molar-refractivity contribution in [3.8, 4) is 0 Å². The van der Waals surface area contributed by atoms with Crippen molar-refractivity contribution < 1.29 is 14.0 Å². The number of halogens is 1. The highest BCUT2D eigenvalue weighted by atomic mass is 32.2. The molecule has 2 fully saturated rings. The fourth-order valence-corrected chi connectivity index (χ4v) is 3.54. The number of hydrogen-bond donors (Lipinski definition) is 1. The van der Waals surface area contributed by atoms with Crippen LogP contribution in [-0.4, -0.2) is 45.4 Å². The molecule has 0 saturated carbocycles. The van der Waals surface area contributed by atoms with Crippen molar-refractivity contribution >= 4 is 45.8 Å². The summed E-state index contributed by atoms with van der Waals surface area (Å²) in [6.07, 6.45) is 3.20. The zero-order chi connectivity index (χ0) is 17.4. The smallest absolute Gasteiger partial charge is 0.290 e. The highest BCUT2D eigenvalue weighted by molar-refractivity contribution is 8.18. The molecule has 9 heteroatoms. The minimum Gasteiger partial charge on any atom is -0.354 e. The van der Waals surface area contributed by atoms with Gasteiger partial charge in [-0.2, -0.15) is 0 Å². The maximum Gasteiger partial charge on any atom is 0.290 e. The first-order valence-electron chi connectivity index (χ1n) is 7.86. The molecule has 0 bridgehead atoms. The lowest BCUT2D eigenvalue weighted by Gasteiger charge is -2.29. The van der Waals surface area contributed by atoms with Crippen molar-refractivity contribution in [1.82, 2.24) is 20.3 Å². The Morgan fingerprint density at radius 2 is 2.04 bits per heavy atom. The van der Waals surface area contributed by atoms with Gasteiger partial charge < -0.3 is 4.90 Å². The molecule has 0 radical (unpaired) electrons. The van der Waals surface area contributed by atoms with Gasteiger partial charge in [0.2, 0.25) is 0 Å². The molecule has 4 heterocycles. The van der Waals surface area contributed by atoms with E-state index in [-0.39, 0.29) is 0 Å². The molecule has 0 spiro atoms. The highest BCUT2D eigenvalue weighted by Gasteiger charge is 2.25. The number of carbonyl (C=O) groups is 2. The Bertz CT molecular complexity index is 895. The van der Waals surface area contributed by atoms with E-state index in [1.165, 1.54) is 6.33 Å². The third-order valence-corrected chi connectivity index (χ3v) is 4.94. The second-order valence-electron chi connectivity index (χ2n) is 5.82. The average Bonchev–Trinajstić information content (AvgIpc) is 2.92. The number of rotatable bonds is 2. The Labute approximate surface area is 146 Å². The van der Waals surface area contributed by atoms with Gasteiger partial charge >= 0.3 is 0 Å². The number of hydrogen-bond acceptors (Lipinski definition) is 7. The van der Waals surface area contributed by atoms with E-state index in [9.17, 15) is 14.0 Å². The number of imide groups is 1. The second kappa shape index (κ2) is 6.40. The normalized spacial score (nSPS) is 20.5. The van der Waals surface area contributed by atoms with Gasteiger partial charge in [0.05, 0.1) is 16.1 Å². The van der Waals surface area contributed by atoms with Gasteiger partial charge in [-0.3, -0.25) is 14.9 Å². The lowest BCUT2D eigenvalue weighted by Crippen LogP contribution is -2.35.